The molecule has 2 heterocycles. The van der Waals surface area contributed by atoms with Crippen molar-refractivity contribution in [1.29, 1.82) is 0 Å². The summed E-state index contributed by atoms with van der Waals surface area (Å²) in [6.07, 6.45) is 7.43. The van der Waals surface area contributed by atoms with E-state index < -0.39 is 11.0 Å². The number of likely N-dealkylation sites (tertiary alicyclic amines) is 1. The first-order valence-corrected chi connectivity index (χ1v) is 13.6. The van der Waals surface area contributed by atoms with Crippen LogP contribution in [0.2, 0.25) is 0 Å². The quantitative estimate of drug-likeness (QED) is 0.624. The Morgan fingerprint density at radius 2 is 1.88 bits per heavy atom. The molecule has 186 valence electrons. The average Bonchev–Trinajstić information content (AvgIpc) is 3.53. The van der Waals surface area contributed by atoms with Crippen LogP contribution >= 0.6 is 0 Å². The Morgan fingerprint density at radius 1 is 1.12 bits per heavy atom. The van der Waals surface area contributed by atoms with Crippen molar-refractivity contribution in [1.82, 2.24) is 4.90 Å². The van der Waals surface area contributed by atoms with Gasteiger partial charge < -0.3 is 20.1 Å². The van der Waals surface area contributed by atoms with Gasteiger partial charge in [-0.1, -0.05) is 26.8 Å². The standard InChI is InChI=1S/C29H41NO4/c1-25(2,3)26(4,33)20-14-28-10-9-27(20,16-31)24-29(28)11-12-30(15-17-5-6-17)21(28)13-18-7-8-19(32)23(34-24)22(18)29/h7-8,17,20-21,24,31-33H,5-6,9-16H2,1-4H3/t20?,21-,24+,26+,27?,28?,29+/m1/s1. The number of rotatable bonds is 4. The molecule has 0 aromatic heterocycles. The molecule has 4 bridgehead atoms. The van der Waals surface area contributed by atoms with E-state index in [2.05, 4.69) is 31.7 Å². The molecule has 1 saturated heterocycles. The smallest absolute Gasteiger partial charge is 0.165 e. The van der Waals surface area contributed by atoms with Crippen molar-refractivity contribution < 1.29 is 20.1 Å². The van der Waals surface area contributed by atoms with Crippen LogP contribution in [0.3, 0.4) is 0 Å². The van der Waals surface area contributed by atoms with E-state index >= 15 is 0 Å². The highest BCUT2D eigenvalue weighted by Gasteiger charge is 2.81. The molecular weight excluding hydrogens is 426 g/mol. The fourth-order valence-electron chi connectivity index (χ4n) is 9.74. The van der Waals surface area contributed by atoms with Gasteiger partial charge in [-0.25, -0.2) is 0 Å². The van der Waals surface area contributed by atoms with Crippen molar-refractivity contribution in [3.05, 3.63) is 23.3 Å². The van der Waals surface area contributed by atoms with Crippen molar-refractivity contribution in [2.45, 2.75) is 95.8 Å². The van der Waals surface area contributed by atoms with Gasteiger partial charge >= 0.3 is 0 Å². The minimum Gasteiger partial charge on any atom is -0.504 e. The molecule has 7 atom stereocenters. The molecule has 34 heavy (non-hydrogen) atoms. The molecule has 3 unspecified atom stereocenters. The molecule has 8 rings (SSSR count). The van der Waals surface area contributed by atoms with Crippen LogP contribution in [0.1, 0.15) is 77.3 Å². The normalized spacial score (nSPS) is 43.9. The van der Waals surface area contributed by atoms with E-state index in [0.29, 0.717) is 11.8 Å². The van der Waals surface area contributed by atoms with E-state index in [4.69, 9.17) is 4.74 Å². The lowest BCUT2D eigenvalue weighted by molar-refractivity contribution is -0.289. The number of benzene rings is 1. The molecule has 1 aromatic carbocycles. The van der Waals surface area contributed by atoms with Crippen LogP contribution in [0, 0.1) is 28.1 Å². The Bertz CT molecular complexity index is 1060. The lowest BCUT2D eigenvalue weighted by Crippen LogP contribution is -2.81. The molecule has 0 amide bonds. The van der Waals surface area contributed by atoms with Crippen molar-refractivity contribution in [3.8, 4) is 11.5 Å². The highest BCUT2D eigenvalue weighted by Crippen LogP contribution is 2.79. The lowest BCUT2D eigenvalue weighted by Gasteiger charge is -2.76. The summed E-state index contributed by atoms with van der Waals surface area (Å²) < 4.78 is 6.86. The fraction of sp³-hybridized carbons (Fsp3) is 0.793. The van der Waals surface area contributed by atoms with E-state index in [1.165, 1.54) is 30.5 Å². The zero-order valence-electron chi connectivity index (χ0n) is 21.2. The van der Waals surface area contributed by atoms with Crippen molar-refractivity contribution in [2.24, 2.45) is 28.1 Å². The Morgan fingerprint density at radius 3 is 2.56 bits per heavy atom. The van der Waals surface area contributed by atoms with Gasteiger partial charge in [-0.15, -0.1) is 0 Å². The molecule has 5 aliphatic carbocycles. The zero-order chi connectivity index (χ0) is 23.9. The molecule has 4 saturated carbocycles. The number of ether oxygens (including phenoxy) is 1. The number of aliphatic hydroxyl groups is 2. The van der Waals surface area contributed by atoms with Crippen molar-refractivity contribution in [3.63, 3.8) is 0 Å². The summed E-state index contributed by atoms with van der Waals surface area (Å²) in [7, 11) is 0. The Balaban J connectivity index is 1.47. The second-order valence-corrected chi connectivity index (χ2v) is 14.0. The van der Waals surface area contributed by atoms with Gasteiger partial charge in [-0.05, 0) is 87.3 Å². The largest absolute Gasteiger partial charge is 0.504 e. The van der Waals surface area contributed by atoms with E-state index in [-0.39, 0.29) is 40.6 Å². The van der Waals surface area contributed by atoms with Crippen LogP contribution in [-0.2, 0) is 11.8 Å². The first-order chi connectivity index (χ1) is 16.0. The first-order valence-electron chi connectivity index (χ1n) is 13.6. The molecule has 0 radical (unpaired) electrons. The Kier molecular flexibility index (Phi) is 4.08. The summed E-state index contributed by atoms with van der Waals surface area (Å²) in [6, 6.07) is 4.39. The molecule has 5 fully saturated rings. The predicted molar refractivity (Wildman–Crippen MR) is 130 cm³/mol. The molecule has 5 heteroatoms. The minimum atomic E-state index is -0.944. The molecule has 3 N–H and O–H groups in total. The number of piperidine rings is 1. The summed E-state index contributed by atoms with van der Waals surface area (Å²) in [6.45, 7) is 10.7. The van der Waals surface area contributed by atoms with Crippen molar-refractivity contribution >= 4 is 0 Å². The molecule has 1 aromatic rings. The van der Waals surface area contributed by atoms with Crippen LogP contribution in [0.5, 0.6) is 11.5 Å². The summed E-state index contributed by atoms with van der Waals surface area (Å²) in [5, 5.41) is 34.2. The first kappa shape index (κ1) is 21.9. The summed E-state index contributed by atoms with van der Waals surface area (Å²) in [5.41, 5.74) is 0.649. The molecule has 2 spiro atoms. The number of aromatic hydroxyl groups is 1. The van der Waals surface area contributed by atoms with Crippen LogP contribution in [-0.4, -0.2) is 57.7 Å². The Labute approximate surface area is 203 Å². The number of hydrogen-bond donors (Lipinski definition) is 3. The SMILES string of the molecule is CC(C)(C)[C@@](C)(O)C1CC23CCC1(CO)[C@@H]1Oc4c(O)ccc5c4[C@@]12CCN(CC1CC1)[C@@H]3C5. The average molecular weight is 468 g/mol. The van der Waals surface area contributed by atoms with E-state index in [1.807, 2.05) is 13.0 Å². The maximum absolute atomic E-state index is 12.2. The fourth-order valence-corrected chi connectivity index (χ4v) is 9.74. The molecular formula is C29H41NO4. The number of phenolic OH excluding ortho intramolecular Hbond substituents is 1. The minimum absolute atomic E-state index is 0.00762. The van der Waals surface area contributed by atoms with Crippen LogP contribution in [0.4, 0.5) is 0 Å². The van der Waals surface area contributed by atoms with Crippen LogP contribution in [0.25, 0.3) is 0 Å². The van der Waals surface area contributed by atoms with Gasteiger partial charge in [0.05, 0.1) is 12.2 Å². The van der Waals surface area contributed by atoms with Gasteiger partial charge in [0.1, 0.15) is 6.10 Å². The van der Waals surface area contributed by atoms with Gasteiger partial charge in [0, 0.05) is 34.4 Å². The molecule has 5 nitrogen and oxygen atoms in total. The summed E-state index contributed by atoms with van der Waals surface area (Å²) >= 11 is 0. The number of nitrogens with zero attached hydrogens (tertiary/aromatic N) is 1. The van der Waals surface area contributed by atoms with Gasteiger partial charge in [-0.3, -0.25) is 4.90 Å². The number of aliphatic hydroxyl groups excluding tert-OH is 1. The van der Waals surface area contributed by atoms with E-state index in [1.54, 1.807) is 0 Å². The Hall–Kier alpha value is -1.30. The number of hydrogen-bond acceptors (Lipinski definition) is 5. The predicted octanol–water partition coefficient (Wildman–Crippen LogP) is 4.01. The topological polar surface area (TPSA) is 73.2 Å². The van der Waals surface area contributed by atoms with Crippen LogP contribution in [0.15, 0.2) is 12.1 Å². The van der Waals surface area contributed by atoms with E-state index in [0.717, 1.165) is 44.6 Å². The summed E-state index contributed by atoms with van der Waals surface area (Å²) in [5.74, 6) is 1.70. The zero-order valence-corrected chi connectivity index (χ0v) is 21.2. The monoisotopic (exact) mass is 467 g/mol. The van der Waals surface area contributed by atoms with Crippen molar-refractivity contribution in [2.75, 3.05) is 19.7 Å². The van der Waals surface area contributed by atoms with E-state index in [9.17, 15) is 15.3 Å². The third-order valence-corrected chi connectivity index (χ3v) is 12.0. The number of fused-ring (bicyclic) bond motifs is 2. The van der Waals surface area contributed by atoms with Gasteiger partial charge in [0.25, 0.3) is 0 Å². The lowest BCUT2D eigenvalue weighted by atomic mass is 9.31. The number of phenols is 1. The second-order valence-electron chi connectivity index (χ2n) is 14.0. The maximum atomic E-state index is 12.2. The summed E-state index contributed by atoms with van der Waals surface area (Å²) in [4.78, 5) is 2.80. The van der Waals surface area contributed by atoms with Gasteiger partial charge in [-0.2, -0.15) is 0 Å². The third kappa shape index (κ3) is 2.25. The molecule has 2 aliphatic heterocycles. The van der Waals surface area contributed by atoms with Crippen LogP contribution < -0.4 is 4.74 Å². The maximum Gasteiger partial charge on any atom is 0.165 e. The highest BCUT2D eigenvalue weighted by atomic mass is 16.5. The third-order valence-electron chi connectivity index (χ3n) is 12.0. The molecule has 7 aliphatic rings. The highest BCUT2D eigenvalue weighted by molar-refractivity contribution is 5.63. The van der Waals surface area contributed by atoms with Gasteiger partial charge in [0.2, 0.25) is 0 Å². The second kappa shape index (κ2) is 6.33. The van der Waals surface area contributed by atoms with Gasteiger partial charge in [0.15, 0.2) is 11.5 Å².